The number of aryl methyl sites for hydroxylation is 1. The molecule has 0 spiro atoms. The Morgan fingerprint density at radius 3 is 2.85 bits per heavy atom. The summed E-state index contributed by atoms with van der Waals surface area (Å²) >= 11 is 7.69. The third-order valence-electron chi connectivity index (χ3n) is 2.84. The van der Waals surface area contributed by atoms with Crippen molar-refractivity contribution in [1.29, 1.82) is 0 Å². The van der Waals surface area contributed by atoms with Crippen molar-refractivity contribution in [2.24, 2.45) is 4.99 Å². The molecule has 3 nitrogen and oxygen atoms in total. The summed E-state index contributed by atoms with van der Waals surface area (Å²) in [5, 5.41) is 0. The van der Waals surface area contributed by atoms with Crippen LogP contribution < -0.4 is 4.74 Å². The number of halogens is 1. The maximum absolute atomic E-state index is 10.5. The highest BCUT2D eigenvalue weighted by Crippen LogP contribution is 2.30. The fourth-order valence-corrected chi connectivity index (χ4v) is 2.66. The van der Waals surface area contributed by atoms with Crippen molar-refractivity contribution >= 4 is 40.3 Å². The number of isocyanates is 1. The molecule has 0 N–H and O–H groups in total. The number of aliphatic imine (C=N–C) groups is 1. The summed E-state index contributed by atoms with van der Waals surface area (Å²) in [6, 6.07) is 11.1. The lowest BCUT2D eigenvalue weighted by Gasteiger charge is -2.12. The van der Waals surface area contributed by atoms with Crippen LogP contribution in [-0.2, 0) is 11.4 Å². The Bertz CT molecular complexity index is 682. The van der Waals surface area contributed by atoms with Crippen molar-refractivity contribution in [1.82, 2.24) is 0 Å². The summed E-state index contributed by atoms with van der Waals surface area (Å²) in [5.74, 6) is 0.715. The van der Waals surface area contributed by atoms with E-state index in [4.69, 9.17) is 4.74 Å². The van der Waals surface area contributed by atoms with Crippen LogP contribution in [0.4, 0.5) is 5.69 Å². The molecule has 0 heterocycles. The summed E-state index contributed by atoms with van der Waals surface area (Å²) in [6.45, 7) is 2.28. The van der Waals surface area contributed by atoms with Gasteiger partial charge in [0.05, 0.1) is 10.2 Å². The Morgan fingerprint density at radius 1 is 1.35 bits per heavy atom. The molecule has 2 aromatic carbocycles. The van der Waals surface area contributed by atoms with Crippen LogP contribution in [0.2, 0.25) is 0 Å². The lowest BCUT2D eigenvalue weighted by molar-refractivity contribution is 0.304. The Morgan fingerprint density at radius 2 is 2.15 bits per heavy atom. The summed E-state index contributed by atoms with van der Waals surface area (Å²) in [7, 11) is 0. The van der Waals surface area contributed by atoms with Gasteiger partial charge >= 0.3 is 0 Å². The first-order valence-corrected chi connectivity index (χ1v) is 7.13. The summed E-state index contributed by atoms with van der Waals surface area (Å²) in [5.41, 5.74) is 2.48. The summed E-state index contributed by atoms with van der Waals surface area (Å²) in [6.07, 6.45) is 1.57. The maximum atomic E-state index is 10.5. The van der Waals surface area contributed by atoms with Crippen LogP contribution in [-0.4, -0.2) is 6.08 Å². The molecule has 0 aliphatic heterocycles. The zero-order valence-corrected chi connectivity index (χ0v) is 13.2. The lowest BCUT2D eigenvalue weighted by Crippen LogP contribution is -1.99. The SMILES string of the molecule is Cc1cccc(N=C=O)c1COc1ccc(S)cc1Br. The number of carbonyl (C=O) groups excluding carboxylic acids is 1. The smallest absolute Gasteiger partial charge is 0.240 e. The molecular formula is C15H12BrNO2S. The van der Waals surface area contributed by atoms with Gasteiger partial charge in [0.25, 0.3) is 0 Å². The standard InChI is InChI=1S/C15H12BrNO2S/c1-10-3-2-4-14(17-9-18)12(10)8-19-15-6-5-11(20)7-13(15)16/h2-7,20H,8H2,1H3. The van der Waals surface area contributed by atoms with Crippen molar-refractivity contribution in [3.05, 3.63) is 52.0 Å². The fraction of sp³-hybridized carbons (Fsp3) is 0.133. The van der Waals surface area contributed by atoms with Crippen molar-refractivity contribution < 1.29 is 9.53 Å². The van der Waals surface area contributed by atoms with Gasteiger partial charge in [-0.1, -0.05) is 12.1 Å². The number of hydrogen-bond donors (Lipinski definition) is 1. The lowest BCUT2D eigenvalue weighted by atomic mass is 10.1. The van der Waals surface area contributed by atoms with Gasteiger partial charge in [0.15, 0.2) is 0 Å². The summed E-state index contributed by atoms with van der Waals surface area (Å²) in [4.78, 5) is 15.0. The van der Waals surface area contributed by atoms with Crippen LogP contribution in [0.1, 0.15) is 11.1 Å². The zero-order valence-electron chi connectivity index (χ0n) is 10.8. The van der Waals surface area contributed by atoms with E-state index in [9.17, 15) is 4.79 Å². The second-order valence-corrected chi connectivity index (χ2v) is 5.55. The highest BCUT2D eigenvalue weighted by atomic mass is 79.9. The first-order chi connectivity index (χ1) is 9.61. The third kappa shape index (κ3) is 3.51. The molecule has 2 rings (SSSR count). The zero-order chi connectivity index (χ0) is 14.5. The topological polar surface area (TPSA) is 38.7 Å². The van der Waals surface area contributed by atoms with Crippen molar-refractivity contribution in [2.45, 2.75) is 18.4 Å². The van der Waals surface area contributed by atoms with Gasteiger partial charge in [-0.05, 0) is 52.7 Å². The Kier molecular flexibility index (Phi) is 5.01. The second-order valence-electron chi connectivity index (χ2n) is 4.18. The van der Waals surface area contributed by atoms with E-state index in [0.29, 0.717) is 18.0 Å². The number of ether oxygens (including phenoxy) is 1. The number of nitrogens with zero attached hydrogens (tertiary/aromatic N) is 1. The second kappa shape index (κ2) is 6.75. The van der Waals surface area contributed by atoms with E-state index in [-0.39, 0.29) is 0 Å². The fourth-order valence-electron chi connectivity index (χ4n) is 1.79. The minimum absolute atomic E-state index is 0.331. The van der Waals surface area contributed by atoms with Gasteiger partial charge in [-0.2, -0.15) is 4.99 Å². The van der Waals surface area contributed by atoms with Gasteiger partial charge in [0.2, 0.25) is 6.08 Å². The molecule has 0 bridgehead atoms. The maximum Gasteiger partial charge on any atom is 0.240 e. The first-order valence-electron chi connectivity index (χ1n) is 5.89. The van der Waals surface area contributed by atoms with E-state index in [2.05, 4.69) is 33.6 Å². The van der Waals surface area contributed by atoms with Gasteiger partial charge in [-0.3, -0.25) is 0 Å². The molecule has 5 heteroatoms. The van der Waals surface area contributed by atoms with Crippen LogP contribution >= 0.6 is 28.6 Å². The molecule has 0 aromatic heterocycles. The molecule has 2 aromatic rings. The molecule has 20 heavy (non-hydrogen) atoms. The normalized spacial score (nSPS) is 9.95. The van der Waals surface area contributed by atoms with Crippen molar-refractivity contribution in [2.75, 3.05) is 0 Å². The number of benzene rings is 2. The molecule has 0 unspecified atom stereocenters. The Labute approximate surface area is 131 Å². The van der Waals surface area contributed by atoms with Crippen LogP contribution in [0, 0.1) is 6.92 Å². The number of thiol groups is 1. The van der Waals surface area contributed by atoms with Gasteiger partial charge in [-0.25, -0.2) is 4.79 Å². The quantitative estimate of drug-likeness (QED) is 0.498. The molecular weight excluding hydrogens is 338 g/mol. The van der Waals surface area contributed by atoms with Crippen molar-refractivity contribution in [3.8, 4) is 5.75 Å². The van der Waals surface area contributed by atoms with Gasteiger partial charge in [0.1, 0.15) is 12.4 Å². The molecule has 0 amide bonds. The molecule has 0 saturated heterocycles. The number of rotatable bonds is 4. The monoisotopic (exact) mass is 349 g/mol. The molecule has 0 aliphatic rings. The van der Waals surface area contributed by atoms with Gasteiger partial charge in [-0.15, -0.1) is 12.6 Å². The highest BCUT2D eigenvalue weighted by molar-refractivity contribution is 9.10. The minimum atomic E-state index is 0.331. The van der Waals surface area contributed by atoms with Gasteiger partial charge in [0, 0.05) is 10.5 Å². The molecule has 0 aliphatic carbocycles. The average Bonchev–Trinajstić information content (AvgIpc) is 2.40. The van der Waals surface area contributed by atoms with Crippen LogP contribution in [0.25, 0.3) is 0 Å². The minimum Gasteiger partial charge on any atom is -0.488 e. The van der Waals surface area contributed by atoms with E-state index < -0.39 is 0 Å². The van der Waals surface area contributed by atoms with Gasteiger partial charge < -0.3 is 4.74 Å². The molecule has 0 radical (unpaired) electrons. The molecule has 0 atom stereocenters. The first kappa shape index (κ1) is 14.9. The highest BCUT2D eigenvalue weighted by Gasteiger charge is 2.08. The van der Waals surface area contributed by atoms with E-state index in [0.717, 1.165) is 20.5 Å². The summed E-state index contributed by atoms with van der Waals surface area (Å²) < 4.78 is 6.61. The molecule has 0 fully saturated rings. The predicted molar refractivity (Wildman–Crippen MR) is 84.7 cm³/mol. The van der Waals surface area contributed by atoms with Crippen molar-refractivity contribution in [3.63, 3.8) is 0 Å². The number of hydrogen-bond acceptors (Lipinski definition) is 4. The third-order valence-corrected chi connectivity index (χ3v) is 3.74. The van der Waals surface area contributed by atoms with E-state index >= 15 is 0 Å². The molecule has 102 valence electrons. The Hall–Kier alpha value is -1.55. The largest absolute Gasteiger partial charge is 0.488 e. The van der Waals surface area contributed by atoms with E-state index in [1.54, 1.807) is 12.1 Å². The van der Waals surface area contributed by atoms with E-state index in [1.165, 1.54) is 0 Å². The predicted octanol–water partition coefficient (Wildman–Crippen LogP) is 4.59. The Balaban J connectivity index is 2.24. The van der Waals surface area contributed by atoms with Crippen LogP contribution in [0.3, 0.4) is 0 Å². The van der Waals surface area contributed by atoms with Crippen LogP contribution in [0.5, 0.6) is 5.75 Å². The molecule has 0 saturated carbocycles. The van der Waals surface area contributed by atoms with E-state index in [1.807, 2.05) is 37.3 Å². The van der Waals surface area contributed by atoms with Crippen LogP contribution in [0.15, 0.2) is 50.8 Å². The average molecular weight is 350 g/mol.